The molecule has 1 saturated heterocycles. The van der Waals surface area contributed by atoms with E-state index in [1.807, 2.05) is 6.92 Å². The van der Waals surface area contributed by atoms with E-state index in [-0.39, 0.29) is 23.7 Å². The minimum Gasteiger partial charge on any atom is -0.497 e. The zero-order chi connectivity index (χ0) is 14.6. The Balaban J connectivity index is 0.00000220. The lowest BCUT2D eigenvalue weighted by atomic mass is 9.82. The number of hydrogen-bond acceptors (Lipinski definition) is 4. The highest BCUT2D eigenvalue weighted by atomic mass is 35.5. The molecule has 1 aliphatic heterocycles. The van der Waals surface area contributed by atoms with E-state index in [9.17, 15) is 4.79 Å². The van der Waals surface area contributed by atoms with E-state index < -0.39 is 0 Å². The van der Waals surface area contributed by atoms with Crippen LogP contribution >= 0.6 is 12.4 Å². The van der Waals surface area contributed by atoms with Crippen LogP contribution < -0.4 is 20.1 Å². The molecule has 2 N–H and O–H groups in total. The van der Waals surface area contributed by atoms with Crippen molar-refractivity contribution in [2.24, 2.45) is 5.41 Å². The molecule has 0 radical (unpaired) electrons. The predicted octanol–water partition coefficient (Wildman–Crippen LogP) is 2.45. The van der Waals surface area contributed by atoms with Crippen molar-refractivity contribution >= 4 is 24.0 Å². The number of anilines is 1. The summed E-state index contributed by atoms with van der Waals surface area (Å²) in [6, 6.07) is 5.36. The van der Waals surface area contributed by atoms with Gasteiger partial charge < -0.3 is 20.1 Å². The second kappa shape index (κ2) is 7.52. The maximum atomic E-state index is 12.5. The van der Waals surface area contributed by atoms with E-state index in [2.05, 4.69) is 10.6 Å². The van der Waals surface area contributed by atoms with E-state index in [0.717, 1.165) is 19.4 Å². The molecular weight excluding hydrogens is 292 g/mol. The molecule has 1 unspecified atom stereocenters. The van der Waals surface area contributed by atoms with Crippen molar-refractivity contribution in [2.45, 2.75) is 19.8 Å². The first-order chi connectivity index (χ1) is 9.57. The molecule has 1 aromatic carbocycles. The SMILES string of the molecule is COc1cc(NC(=O)C2(C)CCCNC2)cc(OC)c1.Cl. The molecule has 6 heteroatoms. The molecule has 0 spiro atoms. The van der Waals surface area contributed by atoms with Crippen LogP contribution in [0, 0.1) is 5.41 Å². The molecule has 1 aromatic rings. The summed E-state index contributed by atoms with van der Waals surface area (Å²) in [5, 5.41) is 6.24. The highest BCUT2D eigenvalue weighted by Gasteiger charge is 2.34. The summed E-state index contributed by atoms with van der Waals surface area (Å²) in [6.07, 6.45) is 1.91. The maximum absolute atomic E-state index is 12.5. The third-order valence-electron chi connectivity index (χ3n) is 3.75. The first kappa shape index (κ1) is 17.6. The molecule has 21 heavy (non-hydrogen) atoms. The van der Waals surface area contributed by atoms with Crippen LogP contribution in [0.3, 0.4) is 0 Å². The number of piperidine rings is 1. The zero-order valence-electron chi connectivity index (χ0n) is 12.7. The molecule has 2 rings (SSSR count). The Bertz CT molecular complexity index is 466. The van der Waals surface area contributed by atoms with Gasteiger partial charge in [-0.2, -0.15) is 0 Å². The molecule has 5 nitrogen and oxygen atoms in total. The number of nitrogens with one attached hydrogen (secondary N) is 2. The second-order valence-electron chi connectivity index (χ2n) is 5.40. The molecule has 1 aliphatic rings. The topological polar surface area (TPSA) is 59.6 Å². The molecule has 1 atom stereocenters. The van der Waals surface area contributed by atoms with Crippen LogP contribution in [0.15, 0.2) is 18.2 Å². The molecule has 1 heterocycles. The Morgan fingerprint density at radius 1 is 1.24 bits per heavy atom. The van der Waals surface area contributed by atoms with Gasteiger partial charge in [0.2, 0.25) is 5.91 Å². The number of amides is 1. The fourth-order valence-electron chi connectivity index (χ4n) is 2.41. The number of ether oxygens (including phenoxy) is 2. The van der Waals surface area contributed by atoms with Gasteiger partial charge >= 0.3 is 0 Å². The number of carbonyl (C=O) groups is 1. The molecule has 0 aliphatic carbocycles. The number of hydrogen-bond donors (Lipinski definition) is 2. The normalized spacial score (nSPS) is 21.1. The fourth-order valence-corrected chi connectivity index (χ4v) is 2.41. The lowest BCUT2D eigenvalue weighted by Crippen LogP contribution is -2.46. The van der Waals surface area contributed by atoms with Crippen molar-refractivity contribution in [3.8, 4) is 11.5 Å². The number of benzene rings is 1. The summed E-state index contributed by atoms with van der Waals surface area (Å²) < 4.78 is 10.4. The summed E-state index contributed by atoms with van der Waals surface area (Å²) in [4.78, 5) is 12.5. The summed E-state index contributed by atoms with van der Waals surface area (Å²) in [5.74, 6) is 1.35. The van der Waals surface area contributed by atoms with E-state index in [4.69, 9.17) is 9.47 Å². The monoisotopic (exact) mass is 314 g/mol. The summed E-state index contributed by atoms with van der Waals surface area (Å²) in [7, 11) is 3.18. The molecule has 118 valence electrons. The van der Waals surface area contributed by atoms with Gasteiger partial charge in [0.25, 0.3) is 0 Å². The minimum atomic E-state index is -0.367. The van der Waals surface area contributed by atoms with Gasteiger partial charge in [-0.3, -0.25) is 4.79 Å². The van der Waals surface area contributed by atoms with Crippen LogP contribution in [0.4, 0.5) is 5.69 Å². The number of methoxy groups -OCH3 is 2. The molecule has 1 amide bonds. The van der Waals surface area contributed by atoms with Gasteiger partial charge in [0, 0.05) is 30.4 Å². The van der Waals surface area contributed by atoms with Crippen LogP contribution in [0.1, 0.15) is 19.8 Å². The van der Waals surface area contributed by atoms with Crippen LogP contribution in [0.5, 0.6) is 11.5 Å². The van der Waals surface area contributed by atoms with Crippen LogP contribution in [0.2, 0.25) is 0 Å². The molecule has 1 fully saturated rings. The van der Waals surface area contributed by atoms with Gasteiger partial charge in [0.1, 0.15) is 11.5 Å². The first-order valence-corrected chi connectivity index (χ1v) is 6.83. The van der Waals surface area contributed by atoms with Gasteiger partial charge in [-0.05, 0) is 26.3 Å². The van der Waals surface area contributed by atoms with Crippen LogP contribution in [-0.2, 0) is 4.79 Å². The average molecular weight is 315 g/mol. The second-order valence-corrected chi connectivity index (χ2v) is 5.40. The van der Waals surface area contributed by atoms with Gasteiger partial charge in [-0.25, -0.2) is 0 Å². The number of carbonyl (C=O) groups excluding carboxylic acids is 1. The smallest absolute Gasteiger partial charge is 0.231 e. The van der Waals surface area contributed by atoms with E-state index in [0.29, 0.717) is 23.7 Å². The highest BCUT2D eigenvalue weighted by molar-refractivity contribution is 5.95. The molecule has 0 aromatic heterocycles. The first-order valence-electron chi connectivity index (χ1n) is 6.83. The molecular formula is C15H23ClN2O3. The molecule has 0 bridgehead atoms. The molecule has 0 saturated carbocycles. The Hall–Kier alpha value is -1.46. The van der Waals surface area contributed by atoms with Gasteiger partial charge in [-0.1, -0.05) is 0 Å². The van der Waals surface area contributed by atoms with Gasteiger partial charge in [0.05, 0.1) is 19.6 Å². The number of rotatable bonds is 4. The van der Waals surface area contributed by atoms with E-state index in [1.54, 1.807) is 32.4 Å². The van der Waals surface area contributed by atoms with Crippen molar-refractivity contribution < 1.29 is 14.3 Å². The number of halogens is 1. The lowest BCUT2D eigenvalue weighted by molar-refractivity contribution is -0.125. The lowest BCUT2D eigenvalue weighted by Gasteiger charge is -2.32. The van der Waals surface area contributed by atoms with Gasteiger partial charge in [-0.15, -0.1) is 12.4 Å². The van der Waals surface area contributed by atoms with Crippen molar-refractivity contribution in [2.75, 3.05) is 32.6 Å². The maximum Gasteiger partial charge on any atom is 0.231 e. The van der Waals surface area contributed by atoms with Crippen molar-refractivity contribution in [3.63, 3.8) is 0 Å². The third kappa shape index (κ3) is 4.25. The third-order valence-corrected chi connectivity index (χ3v) is 3.75. The standard InChI is InChI=1S/C15H22N2O3.ClH/c1-15(5-4-6-16-10-15)14(18)17-11-7-12(19-2)9-13(8-11)20-3;/h7-9,16H,4-6,10H2,1-3H3,(H,17,18);1H. The van der Waals surface area contributed by atoms with E-state index in [1.165, 1.54) is 0 Å². The Kier molecular flexibility index (Phi) is 6.30. The fraction of sp³-hybridized carbons (Fsp3) is 0.533. The largest absolute Gasteiger partial charge is 0.497 e. The van der Waals surface area contributed by atoms with Crippen molar-refractivity contribution in [1.29, 1.82) is 0 Å². The highest BCUT2D eigenvalue weighted by Crippen LogP contribution is 2.30. The summed E-state index contributed by atoms with van der Waals surface area (Å²) in [6.45, 7) is 3.68. The quantitative estimate of drug-likeness (QED) is 0.896. The van der Waals surface area contributed by atoms with Crippen molar-refractivity contribution in [1.82, 2.24) is 5.32 Å². The Labute approximate surface area is 131 Å². The Morgan fingerprint density at radius 3 is 2.33 bits per heavy atom. The summed E-state index contributed by atoms with van der Waals surface area (Å²) in [5.41, 5.74) is 0.326. The average Bonchev–Trinajstić information content (AvgIpc) is 2.47. The van der Waals surface area contributed by atoms with Crippen LogP contribution in [-0.4, -0.2) is 33.2 Å². The van der Waals surface area contributed by atoms with E-state index >= 15 is 0 Å². The minimum absolute atomic E-state index is 0. The van der Waals surface area contributed by atoms with Gasteiger partial charge in [0.15, 0.2) is 0 Å². The summed E-state index contributed by atoms with van der Waals surface area (Å²) >= 11 is 0. The van der Waals surface area contributed by atoms with Crippen molar-refractivity contribution in [3.05, 3.63) is 18.2 Å². The van der Waals surface area contributed by atoms with Crippen LogP contribution in [0.25, 0.3) is 0 Å². The Morgan fingerprint density at radius 2 is 1.86 bits per heavy atom. The zero-order valence-corrected chi connectivity index (χ0v) is 13.5. The predicted molar refractivity (Wildman–Crippen MR) is 85.6 cm³/mol.